The predicted molar refractivity (Wildman–Crippen MR) is 135 cm³/mol. The molecule has 4 rings (SSSR count). The number of anilines is 1. The molecule has 2 aromatic rings. The van der Waals surface area contributed by atoms with Gasteiger partial charge in [0.1, 0.15) is 11.6 Å². The van der Waals surface area contributed by atoms with Crippen molar-refractivity contribution < 1.29 is 36.3 Å². The molecule has 2 heterocycles. The van der Waals surface area contributed by atoms with E-state index in [1.54, 1.807) is 19.2 Å². The summed E-state index contributed by atoms with van der Waals surface area (Å²) in [5.74, 6) is -0.979. The number of carbonyl (C=O) groups is 2. The van der Waals surface area contributed by atoms with Crippen LogP contribution in [0.5, 0.6) is 5.75 Å². The molecule has 0 bridgehead atoms. The Morgan fingerprint density at radius 3 is 2.47 bits per heavy atom. The van der Waals surface area contributed by atoms with Crippen LogP contribution in [0.1, 0.15) is 22.3 Å². The zero-order valence-corrected chi connectivity index (χ0v) is 21.7. The number of alkyl halides is 3. The second-order valence-electron chi connectivity index (χ2n) is 9.34. The molecular weight excluding hydrogens is 527 g/mol. The Balaban J connectivity index is 1.43. The highest BCUT2D eigenvalue weighted by Crippen LogP contribution is 2.35. The Kier molecular flexibility index (Phi) is 7.01. The third-order valence-corrected chi connectivity index (χ3v) is 8.42. The largest absolute Gasteiger partial charge is 0.573 e. The fourth-order valence-corrected chi connectivity index (χ4v) is 6.06. The van der Waals surface area contributed by atoms with Crippen LogP contribution in [-0.4, -0.2) is 64.4 Å². The number of carbonyl (C=O) groups excluding carboxylic acids is 2. The summed E-state index contributed by atoms with van der Waals surface area (Å²) in [7, 11) is -1.93. The average molecular weight is 555 g/mol. The molecule has 204 valence electrons. The number of amidine groups is 1. The second-order valence-corrected chi connectivity index (χ2v) is 11.5. The standard InChI is InChI=1S/C24H26F3N5O5S/c1-14-9-17(31(3)22(28)34)10-15(2)19(14)7-8-38(35,36)32-12-23(13-32)21(33)29-20(30-23)16-5-4-6-18(11-16)37-24(25,26)27/h4-6,9-11H,7-8,12-13H2,1-3H3,(H3-,28,29,30,33,34,35,36)/p+1. The van der Waals surface area contributed by atoms with Crippen LogP contribution in [0.2, 0.25) is 0 Å². The van der Waals surface area contributed by atoms with Crippen LogP contribution >= 0.6 is 0 Å². The molecule has 0 saturated carbocycles. The lowest BCUT2D eigenvalue weighted by molar-refractivity contribution is -0.274. The van der Waals surface area contributed by atoms with Gasteiger partial charge >= 0.3 is 12.4 Å². The van der Waals surface area contributed by atoms with Crippen molar-refractivity contribution in [3.63, 3.8) is 0 Å². The number of hydrogen-bond donors (Lipinski definition) is 3. The van der Waals surface area contributed by atoms with Crippen LogP contribution in [-0.2, 0) is 25.8 Å². The number of nitrogens with one attached hydrogen (secondary N) is 1. The number of urea groups is 1. The van der Waals surface area contributed by atoms with Gasteiger partial charge in [0.2, 0.25) is 0 Å². The van der Waals surface area contributed by atoms with Gasteiger partial charge in [-0.1, -0.05) is 16.4 Å². The summed E-state index contributed by atoms with van der Waals surface area (Å²) in [4.78, 5) is 29.8. The van der Waals surface area contributed by atoms with Crippen molar-refractivity contribution in [2.24, 2.45) is 10.7 Å². The zero-order valence-electron chi connectivity index (χ0n) is 20.8. The number of aryl methyl sites for hydroxylation is 2. The molecule has 1 unspecified atom stereocenters. The first-order chi connectivity index (χ1) is 17.6. The third-order valence-electron chi connectivity index (χ3n) is 6.62. The number of benzene rings is 2. The zero-order chi connectivity index (χ0) is 28.0. The Labute approximate surface area is 218 Å². The normalized spacial score (nSPS) is 18.4. The summed E-state index contributed by atoms with van der Waals surface area (Å²) in [5.41, 5.74) is 7.41. The third kappa shape index (κ3) is 5.51. The highest BCUT2D eigenvalue weighted by molar-refractivity contribution is 7.95. The Hall–Kier alpha value is -3.49. The summed E-state index contributed by atoms with van der Waals surface area (Å²) in [6, 6.07) is 8.00. The molecule has 38 heavy (non-hydrogen) atoms. The molecule has 1 saturated heterocycles. The number of halogens is 3. The van der Waals surface area contributed by atoms with E-state index < -0.39 is 40.0 Å². The van der Waals surface area contributed by atoms with Crippen LogP contribution in [0.15, 0.2) is 41.4 Å². The highest BCUT2D eigenvalue weighted by Gasteiger charge is 2.61. The molecule has 0 aliphatic carbocycles. The van der Waals surface area contributed by atoms with Crippen molar-refractivity contribution in [3.8, 4) is 5.75 Å². The van der Waals surface area contributed by atoms with E-state index in [2.05, 4.69) is 15.0 Å². The van der Waals surface area contributed by atoms with Gasteiger partial charge in [-0.2, -0.15) is 4.55 Å². The first kappa shape index (κ1) is 27.5. The minimum absolute atomic E-state index is 0.0685. The van der Waals surface area contributed by atoms with Gasteiger partial charge in [-0.25, -0.2) is 9.79 Å². The van der Waals surface area contributed by atoms with E-state index in [4.69, 9.17) is 5.73 Å². The van der Waals surface area contributed by atoms with E-state index in [1.807, 2.05) is 13.8 Å². The number of nitrogens with two attached hydrogens (primary N) is 1. The van der Waals surface area contributed by atoms with E-state index >= 15 is 0 Å². The van der Waals surface area contributed by atoms with Gasteiger partial charge in [0.15, 0.2) is 11.3 Å². The van der Waals surface area contributed by atoms with E-state index in [0.29, 0.717) is 5.69 Å². The van der Waals surface area contributed by atoms with Gasteiger partial charge in [-0.15, -0.1) is 13.2 Å². The van der Waals surface area contributed by atoms with E-state index in [1.165, 1.54) is 21.3 Å². The van der Waals surface area contributed by atoms with Crippen molar-refractivity contribution in [2.45, 2.75) is 32.2 Å². The summed E-state index contributed by atoms with van der Waals surface area (Å²) in [6.45, 7) is 3.45. The lowest BCUT2D eigenvalue weighted by atomic mass is 9.93. The number of nitrogens with zero attached hydrogens (tertiary/aromatic N) is 3. The lowest BCUT2D eigenvalue weighted by Crippen LogP contribution is -2.68. The molecule has 14 heteroatoms. The maximum absolute atomic E-state index is 13.1. The van der Waals surface area contributed by atoms with Gasteiger partial charge < -0.3 is 15.8 Å². The number of ether oxygens (including phenoxy) is 1. The van der Waals surface area contributed by atoms with Gasteiger partial charge in [-0.3, -0.25) is 9.69 Å². The first-order valence-corrected chi connectivity index (χ1v) is 13.1. The minimum Gasteiger partial charge on any atom is -0.406 e. The van der Waals surface area contributed by atoms with Crippen molar-refractivity contribution >= 4 is 33.9 Å². The molecular formula is C24H27F3N5O5S+. The molecule has 2 aliphatic rings. The quantitative estimate of drug-likeness (QED) is 0.452. The monoisotopic (exact) mass is 554 g/mol. The Bertz CT molecular complexity index is 1350. The fourth-order valence-electron chi connectivity index (χ4n) is 4.50. The van der Waals surface area contributed by atoms with E-state index in [0.717, 1.165) is 28.8 Å². The molecule has 1 fully saturated rings. The average Bonchev–Trinajstić information content (AvgIpc) is 3.13. The molecule has 1 spiro atoms. The molecule has 2 aromatic carbocycles. The molecule has 2 aliphatic heterocycles. The van der Waals surface area contributed by atoms with Gasteiger partial charge in [-0.05, 0) is 59.0 Å². The maximum Gasteiger partial charge on any atom is 0.573 e. The van der Waals surface area contributed by atoms with Crippen LogP contribution in [0, 0.1) is 13.8 Å². The molecule has 4 N–H and O–H groups in total. The topological polar surface area (TPSA) is 138 Å². The van der Waals surface area contributed by atoms with Crippen LogP contribution in [0.25, 0.3) is 0 Å². The van der Waals surface area contributed by atoms with Crippen molar-refractivity contribution in [1.82, 2.24) is 9.62 Å². The molecule has 0 aromatic heterocycles. The summed E-state index contributed by atoms with van der Waals surface area (Å²) >= 11 is 0. The minimum atomic E-state index is -4.87. The fraction of sp³-hybridized carbons (Fsp3) is 0.375. The predicted octanol–water partition coefficient (Wildman–Crippen LogP) is 2.78. The second kappa shape index (κ2) is 9.67. The van der Waals surface area contributed by atoms with Crippen LogP contribution < -0.4 is 20.7 Å². The van der Waals surface area contributed by atoms with Crippen molar-refractivity contribution in [2.75, 3.05) is 30.8 Å². The van der Waals surface area contributed by atoms with Crippen LogP contribution in [0.3, 0.4) is 0 Å². The van der Waals surface area contributed by atoms with E-state index in [-0.39, 0.29) is 36.7 Å². The van der Waals surface area contributed by atoms with Gasteiger partial charge in [0.05, 0.1) is 13.1 Å². The number of primary amides is 1. The summed E-state index contributed by atoms with van der Waals surface area (Å²) < 4.78 is 66.7. The SMILES string of the molecule is Cc1cc(N(C)C(N)=O)cc(C)c1CC[S+](=O)(O)N1CC2(C1)N=C(c1cccc(OC(F)(F)F)c1)NC2=O. The van der Waals surface area contributed by atoms with Gasteiger partial charge in [0, 0.05) is 24.7 Å². The van der Waals surface area contributed by atoms with Gasteiger partial charge in [0.25, 0.3) is 16.3 Å². The number of aliphatic imine (C=N–C) groups is 1. The first-order valence-electron chi connectivity index (χ1n) is 11.5. The van der Waals surface area contributed by atoms with Crippen LogP contribution in [0.4, 0.5) is 23.7 Å². The van der Waals surface area contributed by atoms with Crippen molar-refractivity contribution in [1.29, 1.82) is 0 Å². The molecule has 10 nitrogen and oxygen atoms in total. The number of rotatable bonds is 7. The maximum atomic E-state index is 13.1. The number of hydrogen-bond acceptors (Lipinski definition) is 5. The summed E-state index contributed by atoms with van der Waals surface area (Å²) in [6.07, 6.45) is -4.58. The van der Waals surface area contributed by atoms with Crippen molar-refractivity contribution in [3.05, 3.63) is 58.7 Å². The Morgan fingerprint density at radius 1 is 1.26 bits per heavy atom. The molecule has 1 atom stereocenters. The smallest absolute Gasteiger partial charge is 0.406 e. The molecule has 3 amide bonds. The lowest BCUT2D eigenvalue weighted by Gasteiger charge is -2.39. The Morgan fingerprint density at radius 2 is 1.89 bits per heavy atom. The van der Waals surface area contributed by atoms with E-state index in [9.17, 15) is 31.5 Å². The number of amides is 3. The summed E-state index contributed by atoms with van der Waals surface area (Å²) in [5, 5.41) is 2.56. The molecule has 0 radical (unpaired) electrons. The highest BCUT2D eigenvalue weighted by atomic mass is 32.3.